The largest absolute Gasteiger partial charge is 0.502 e. The van der Waals surface area contributed by atoms with E-state index in [1.165, 1.54) is 14.2 Å². The average Bonchev–Trinajstić information content (AvgIpc) is 3.61. The van der Waals surface area contributed by atoms with E-state index in [0.717, 1.165) is 0 Å². The third kappa shape index (κ3) is 4.26. The summed E-state index contributed by atoms with van der Waals surface area (Å²) in [6, 6.07) is 6.93. The second-order valence-electron chi connectivity index (χ2n) is 11.0. The summed E-state index contributed by atoms with van der Waals surface area (Å²) < 4.78 is 51.5. The van der Waals surface area contributed by atoms with Crippen molar-refractivity contribution in [3.63, 3.8) is 0 Å². The van der Waals surface area contributed by atoms with E-state index in [4.69, 9.17) is 42.6 Å². The van der Waals surface area contributed by atoms with E-state index in [2.05, 4.69) is 0 Å². The lowest BCUT2D eigenvalue weighted by atomic mass is 9.66. The van der Waals surface area contributed by atoms with Gasteiger partial charge in [-0.2, -0.15) is 0 Å². The van der Waals surface area contributed by atoms with Crippen LogP contribution in [0.5, 0.6) is 28.7 Å². The van der Waals surface area contributed by atoms with Crippen LogP contribution in [0.2, 0.25) is 0 Å². The number of benzene rings is 2. The van der Waals surface area contributed by atoms with Gasteiger partial charge in [0.25, 0.3) is 0 Å². The molecule has 3 N–H and O–H groups in total. The van der Waals surface area contributed by atoms with Crippen molar-refractivity contribution in [2.75, 3.05) is 34.2 Å². The molecule has 7 rings (SSSR count). The molecule has 0 saturated carbocycles. The molecule has 42 heavy (non-hydrogen) atoms. The lowest BCUT2D eigenvalue weighted by Gasteiger charge is -2.47. The lowest BCUT2D eigenvalue weighted by Crippen LogP contribution is -2.63. The van der Waals surface area contributed by atoms with Crippen LogP contribution in [0.25, 0.3) is 0 Å². The molecule has 2 aromatic carbocycles. The van der Waals surface area contributed by atoms with Crippen molar-refractivity contribution in [1.82, 2.24) is 0 Å². The van der Waals surface area contributed by atoms with Crippen LogP contribution in [-0.2, 0) is 28.5 Å². The Morgan fingerprint density at radius 2 is 1.57 bits per heavy atom. The highest BCUT2D eigenvalue weighted by atomic mass is 16.8. The van der Waals surface area contributed by atoms with Crippen molar-refractivity contribution in [2.24, 2.45) is 11.8 Å². The lowest BCUT2D eigenvalue weighted by molar-refractivity contribution is -0.364. The predicted molar refractivity (Wildman–Crippen MR) is 138 cm³/mol. The molecule has 3 saturated heterocycles. The van der Waals surface area contributed by atoms with Crippen molar-refractivity contribution in [3.8, 4) is 28.7 Å². The molecule has 4 heterocycles. The van der Waals surface area contributed by atoms with Gasteiger partial charge in [0.15, 0.2) is 35.6 Å². The summed E-state index contributed by atoms with van der Waals surface area (Å²) in [5, 5.41) is 32.5. The van der Waals surface area contributed by atoms with Crippen LogP contribution in [0.15, 0.2) is 24.3 Å². The summed E-state index contributed by atoms with van der Waals surface area (Å²) in [7, 11) is 2.86. The maximum absolute atomic E-state index is 13.4. The highest BCUT2D eigenvalue weighted by Crippen LogP contribution is 2.57. The number of phenolic OH excluding ortho intramolecular Hbond substituents is 1. The van der Waals surface area contributed by atoms with E-state index in [0.29, 0.717) is 28.2 Å². The number of esters is 1. The zero-order valence-corrected chi connectivity index (χ0v) is 23.1. The van der Waals surface area contributed by atoms with Gasteiger partial charge in [-0.25, -0.2) is 0 Å². The number of phenols is 1. The number of aliphatic hydroxyl groups excluding tert-OH is 2. The summed E-state index contributed by atoms with van der Waals surface area (Å²) in [5.74, 6) is -1.02. The van der Waals surface area contributed by atoms with E-state index in [1.54, 1.807) is 31.2 Å². The number of methoxy groups -OCH3 is 2. The molecule has 3 fully saturated rings. The van der Waals surface area contributed by atoms with Crippen molar-refractivity contribution in [2.45, 2.75) is 55.9 Å². The van der Waals surface area contributed by atoms with Crippen molar-refractivity contribution in [1.29, 1.82) is 0 Å². The highest BCUT2D eigenvalue weighted by Gasteiger charge is 2.56. The average molecular weight is 589 g/mol. The monoisotopic (exact) mass is 588 g/mol. The predicted octanol–water partition coefficient (Wildman–Crippen LogP) is 1.34. The first-order chi connectivity index (χ1) is 20.3. The summed E-state index contributed by atoms with van der Waals surface area (Å²) >= 11 is 0. The minimum atomic E-state index is -1.44. The maximum atomic E-state index is 13.4. The second kappa shape index (κ2) is 10.4. The van der Waals surface area contributed by atoms with Gasteiger partial charge in [0.05, 0.1) is 39.5 Å². The summed E-state index contributed by atoms with van der Waals surface area (Å²) in [5.41, 5.74) is 2.01. The molecule has 1 aliphatic carbocycles. The fourth-order valence-corrected chi connectivity index (χ4v) is 6.74. The fourth-order valence-electron chi connectivity index (χ4n) is 6.74. The van der Waals surface area contributed by atoms with E-state index in [-0.39, 0.29) is 37.3 Å². The molecule has 4 aliphatic heterocycles. The molecule has 0 bridgehead atoms. The Kier molecular flexibility index (Phi) is 6.83. The normalized spacial score (nSPS) is 36.5. The Bertz CT molecular complexity index is 1350. The molecule has 5 aliphatic rings. The zero-order valence-electron chi connectivity index (χ0n) is 23.1. The number of hydrogen-bond acceptors (Lipinski definition) is 13. The number of carbonyl (C=O) groups excluding carboxylic acids is 1. The first kappa shape index (κ1) is 27.5. The molecule has 2 aromatic rings. The van der Waals surface area contributed by atoms with Crippen molar-refractivity contribution < 1.29 is 62.7 Å². The van der Waals surface area contributed by atoms with Crippen LogP contribution in [0, 0.1) is 11.8 Å². The zero-order chi connectivity index (χ0) is 29.3. The third-order valence-corrected chi connectivity index (χ3v) is 8.75. The van der Waals surface area contributed by atoms with Gasteiger partial charge in [-0.15, -0.1) is 0 Å². The van der Waals surface area contributed by atoms with E-state index < -0.39 is 66.8 Å². The summed E-state index contributed by atoms with van der Waals surface area (Å²) in [4.78, 5) is 13.4. The number of ether oxygens (including phenoxy) is 9. The van der Waals surface area contributed by atoms with Crippen molar-refractivity contribution in [3.05, 3.63) is 41.0 Å². The first-order valence-electron chi connectivity index (χ1n) is 13.8. The first-order valence-corrected chi connectivity index (χ1v) is 13.8. The van der Waals surface area contributed by atoms with E-state index in [9.17, 15) is 20.1 Å². The molecule has 4 unspecified atom stereocenters. The number of carbonyl (C=O) groups is 1. The number of hydrogen-bond donors (Lipinski definition) is 3. The van der Waals surface area contributed by atoms with Crippen LogP contribution in [0.1, 0.15) is 35.6 Å². The van der Waals surface area contributed by atoms with Gasteiger partial charge in [-0.1, -0.05) is 0 Å². The molecule has 13 heteroatoms. The van der Waals surface area contributed by atoms with E-state index in [1.807, 2.05) is 0 Å². The smallest absolute Gasteiger partial charge is 0.310 e. The van der Waals surface area contributed by atoms with E-state index >= 15 is 0 Å². The Hall–Kier alpha value is -3.33. The molecular formula is C29H32O13. The Morgan fingerprint density at radius 1 is 0.881 bits per heavy atom. The van der Waals surface area contributed by atoms with Gasteiger partial charge in [0.2, 0.25) is 12.5 Å². The second-order valence-corrected chi connectivity index (χ2v) is 11.0. The summed E-state index contributed by atoms with van der Waals surface area (Å²) in [6.45, 7) is 1.93. The van der Waals surface area contributed by atoms with Gasteiger partial charge in [0, 0.05) is 11.8 Å². The maximum Gasteiger partial charge on any atom is 0.310 e. The van der Waals surface area contributed by atoms with Crippen LogP contribution in [-0.4, -0.2) is 92.5 Å². The molecule has 0 aromatic heterocycles. The third-order valence-electron chi connectivity index (χ3n) is 8.75. The Labute approximate surface area is 240 Å². The Morgan fingerprint density at radius 3 is 2.26 bits per heavy atom. The van der Waals surface area contributed by atoms with Crippen LogP contribution in [0.3, 0.4) is 0 Å². The summed E-state index contributed by atoms with van der Waals surface area (Å²) in [6.07, 6.45) is -6.80. The van der Waals surface area contributed by atoms with Gasteiger partial charge in [-0.3, -0.25) is 4.79 Å². The van der Waals surface area contributed by atoms with Crippen molar-refractivity contribution >= 4 is 5.97 Å². The SMILES string of the molecule is COc1cc([C@@H]2c3cc4c(cc3C(O[C@@H]3OC5COC(C)O[C@@H]5C(O)[C@H]3O)[C@H]3COC(=O)[C@H]23)OCO4)cc(OC)c1O. The molecular weight excluding hydrogens is 556 g/mol. The molecule has 10 atom stereocenters. The number of aliphatic hydroxyl groups is 2. The molecule has 0 spiro atoms. The molecule has 0 amide bonds. The minimum Gasteiger partial charge on any atom is -0.502 e. The number of rotatable bonds is 5. The molecule has 226 valence electrons. The number of cyclic esters (lactones) is 1. The van der Waals surface area contributed by atoms with Gasteiger partial charge in [0.1, 0.15) is 24.4 Å². The van der Waals surface area contributed by atoms with Gasteiger partial charge < -0.3 is 58.0 Å². The van der Waals surface area contributed by atoms with Gasteiger partial charge in [-0.05, 0) is 47.9 Å². The quantitative estimate of drug-likeness (QED) is 0.430. The number of aromatic hydroxyl groups is 1. The van der Waals surface area contributed by atoms with Gasteiger partial charge >= 0.3 is 5.97 Å². The fraction of sp³-hybridized carbons (Fsp3) is 0.552. The minimum absolute atomic E-state index is 0.0301. The molecule has 13 nitrogen and oxygen atoms in total. The van der Waals surface area contributed by atoms with Crippen LogP contribution < -0.4 is 18.9 Å². The van der Waals surface area contributed by atoms with Crippen LogP contribution >= 0.6 is 0 Å². The highest BCUT2D eigenvalue weighted by molar-refractivity contribution is 5.79. The number of fused-ring (bicyclic) bond motifs is 4. The standard InChI is InChI=1S/C29H32O13/c1-11-36-9-20-27(40-11)24(31)25(32)29(41-20)42-26-14-7-17-16(38-10-39-17)6-13(14)21(22-15(26)8-37-28(22)33)12-4-18(34-2)23(30)19(5-12)35-3/h4-7,11,15,20-22,24-27,29-32H,8-10H2,1-3H3/t11?,15-,20?,21+,22-,24?,25+,26?,27-,29-/m0/s1. The molecule has 0 radical (unpaired) electrons. The topological polar surface area (TPSA) is 161 Å². The Balaban J connectivity index is 1.32. The van der Waals surface area contributed by atoms with Crippen LogP contribution in [0.4, 0.5) is 0 Å².